The molecule has 19 heavy (non-hydrogen) atoms. The van der Waals surface area contributed by atoms with E-state index in [9.17, 15) is 4.39 Å². The molecule has 2 aromatic rings. The van der Waals surface area contributed by atoms with Crippen molar-refractivity contribution in [1.82, 2.24) is 0 Å². The predicted octanol–water partition coefficient (Wildman–Crippen LogP) is 3.82. The Kier molecular flexibility index (Phi) is 4.67. The summed E-state index contributed by atoms with van der Waals surface area (Å²) in [5, 5.41) is 3.77. The largest absolute Gasteiger partial charge is 0.390 e. The molecule has 1 radical (unpaired) electrons. The van der Waals surface area contributed by atoms with Gasteiger partial charge in [-0.3, -0.25) is 0 Å². The summed E-state index contributed by atoms with van der Waals surface area (Å²) in [5.41, 5.74) is 2.54. The number of aryl methyl sites for hydroxylation is 1. The quantitative estimate of drug-likeness (QED) is 0.588. The maximum Gasteiger partial charge on any atom is 0.145 e. The van der Waals surface area contributed by atoms with Gasteiger partial charge in [0.15, 0.2) is 0 Å². The highest BCUT2D eigenvalue weighted by atomic mass is 19.1. The summed E-state index contributed by atoms with van der Waals surface area (Å²) in [6.45, 7) is 2.18. The average molecular weight is 256 g/mol. The normalized spacial score (nSPS) is 10.8. The maximum absolute atomic E-state index is 13.3. The fourth-order valence-electron chi connectivity index (χ4n) is 1.74. The summed E-state index contributed by atoms with van der Waals surface area (Å²) in [6.07, 6.45) is 3.74. The zero-order valence-corrected chi connectivity index (χ0v) is 10.8. The molecule has 0 unspecified atom stereocenters. The first kappa shape index (κ1) is 13.3. The van der Waals surface area contributed by atoms with Crippen LogP contribution < -0.4 is 0 Å². The second-order valence-corrected chi connectivity index (χ2v) is 4.08. The van der Waals surface area contributed by atoms with E-state index in [0.717, 1.165) is 17.5 Å². The van der Waals surface area contributed by atoms with Gasteiger partial charge in [0.25, 0.3) is 0 Å². The van der Waals surface area contributed by atoms with E-state index in [1.807, 2.05) is 24.3 Å². The molecule has 0 saturated heterocycles. The van der Waals surface area contributed by atoms with Gasteiger partial charge in [-0.25, -0.2) is 4.39 Å². The van der Waals surface area contributed by atoms with Gasteiger partial charge in [-0.2, -0.15) is 0 Å². The van der Waals surface area contributed by atoms with E-state index in [1.54, 1.807) is 18.2 Å². The molecule has 0 saturated carbocycles. The Labute approximate surface area is 112 Å². The lowest BCUT2D eigenvalue weighted by Crippen LogP contribution is -1.94. The third-order valence-corrected chi connectivity index (χ3v) is 2.81. The topological polar surface area (TPSA) is 21.6 Å². The highest BCUT2D eigenvalue weighted by molar-refractivity contribution is 5.81. The molecule has 0 heterocycles. The second-order valence-electron chi connectivity index (χ2n) is 4.08. The molecule has 2 nitrogen and oxygen atoms in total. The summed E-state index contributed by atoms with van der Waals surface area (Å²) in [4.78, 5) is 5.08. The van der Waals surface area contributed by atoms with Crippen LogP contribution in [0.1, 0.15) is 23.6 Å². The molecule has 0 aliphatic carbocycles. The lowest BCUT2D eigenvalue weighted by molar-refractivity contribution is 0.129. The van der Waals surface area contributed by atoms with Crippen molar-refractivity contribution in [2.24, 2.45) is 5.16 Å². The Balaban J connectivity index is 1.96. The molecule has 0 fully saturated rings. The monoisotopic (exact) mass is 256 g/mol. The van der Waals surface area contributed by atoms with E-state index < -0.39 is 0 Å². The van der Waals surface area contributed by atoms with Crippen LogP contribution in [-0.2, 0) is 17.9 Å². The van der Waals surface area contributed by atoms with Crippen molar-refractivity contribution >= 4 is 6.21 Å². The maximum atomic E-state index is 13.3. The van der Waals surface area contributed by atoms with E-state index in [-0.39, 0.29) is 12.4 Å². The van der Waals surface area contributed by atoms with Gasteiger partial charge in [-0.1, -0.05) is 54.5 Å². The zero-order valence-electron chi connectivity index (χ0n) is 10.8. The van der Waals surface area contributed by atoms with Gasteiger partial charge in [0.05, 0.1) is 0 Å². The average Bonchev–Trinajstić information content (AvgIpc) is 2.45. The Morgan fingerprint density at radius 2 is 1.74 bits per heavy atom. The van der Waals surface area contributed by atoms with Crippen LogP contribution >= 0.6 is 0 Å². The van der Waals surface area contributed by atoms with Crippen LogP contribution in [0.3, 0.4) is 0 Å². The summed E-state index contributed by atoms with van der Waals surface area (Å²) >= 11 is 0. The molecule has 0 atom stereocenters. The standard InChI is InChI=1S/C16H15FNO/c1-2-13-7-3-4-8-14(13)11-18-19-12-15-9-5-6-10-16(15)17/h3-10H,2,12H2,1H3. The molecule has 0 amide bonds. The molecule has 2 aromatic carbocycles. The van der Waals surface area contributed by atoms with Gasteiger partial charge in [0.1, 0.15) is 18.6 Å². The van der Waals surface area contributed by atoms with E-state index in [0.29, 0.717) is 5.56 Å². The van der Waals surface area contributed by atoms with Crippen molar-refractivity contribution in [3.63, 3.8) is 0 Å². The van der Waals surface area contributed by atoms with Gasteiger partial charge in [0.2, 0.25) is 0 Å². The summed E-state index contributed by atoms with van der Waals surface area (Å²) < 4.78 is 13.3. The third-order valence-electron chi connectivity index (χ3n) is 2.81. The van der Waals surface area contributed by atoms with Crippen LogP contribution in [0.25, 0.3) is 0 Å². The molecule has 2 rings (SSSR count). The van der Waals surface area contributed by atoms with Gasteiger partial charge >= 0.3 is 0 Å². The fourth-order valence-corrected chi connectivity index (χ4v) is 1.74. The molecular formula is C16H15FNO. The van der Waals surface area contributed by atoms with Gasteiger partial charge in [-0.05, 0) is 18.1 Å². The van der Waals surface area contributed by atoms with E-state index in [4.69, 9.17) is 4.84 Å². The van der Waals surface area contributed by atoms with Crippen LogP contribution in [0, 0.1) is 5.82 Å². The highest BCUT2D eigenvalue weighted by Gasteiger charge is 2.00. The van der Waals surface area contributed by atoms with Crippen molar-refractivity contribution < 1.29 is 9.23 Å². The van der Waals surface area contributed by atoms with E-state index in [2.05, 4.69) is 18.3 Å². The number of benzene rings is 2. The van der Waals surface area contributed by atoms with E-state index >= 15 is 0 Å². The minimum absolute atomic E-state index is 0.105. The van der Waals surface area contributed by atoms with Crippen molar-refractivity contribution in [2.45, 2.75) is 20.0 Å². The third kappa shape index (κ3) is 3.65. The van der Waals surface area contributed by atoms with Crippen LogP contribution in [0.2, 0.25) is 0 Å². The smallest absolute Gasteiger partial charge is 0.145 e. The number of hydrogen-bond acceptors (Lipinski definition) is 2. The molecule has 0 N–H and O–H groups in total. The lowest BCUT2D eigenvalue weighted by Gasteiger charge is -2.02. The number of rotatable bonds is 5. The SMILES string of the molecule is CCc1ccccc1/[C]=N\OCc1ccccc1F. The van der Waals surface area contributed by atoms with Gasteiger partial charge in [0, 0.05) is 11.1 Å². The van der Waals surface area contributed by atoms with Crippen molar-refractivity contribution in [3.8, 4) is 0 Å². The number of hydrogen-bond donors (Lipinski definition) is 0. The van der Waals surface area contributed by atoms with Gasteiger partial charge < -0.3 is 4.84 Å². The van der Waals surface area contributed by atoms with Gasteiger partial charge in [-0.15, -0.1) is 0 Å². The van der Waals surface area contributed by atoms with Crippen LogP contribution in [0.5, 0.6) is 0 Å². The lowest BCUT2D eigenvalue weighted by atomic mass is 10.1. The molecule has 0 aliphatic heterocycles. The van der Waals surface area contributed by atoms with Crippen LogP contribution in [0.15, 0.2) is 53.7 Å². The van der Waals surface area contributed by atoms with Crippen molar-refractivity contribution in [1.29, 1.82) is 0 Å². The Hall–Kier alpha value is -2.16. The minimum Gasteiger partial charge on any atom is -0.390 e. The molecular weight excluding hydrogens is 241 g/mol. The second kappa shape index (κ2) is 6.69. The fraction of sp³-hybridized carbons (Fsp3) is 0.188. The summed E-state index contributed by atoms with van der Waals surface area (Å²) in [7, 11) is 0. The first-order valence-electron chi connectivity index (χ1n) is 6.20. The van der Waals surface area contributed by atoms with Crippen LogP contribution in [0.4, 0.5) is 4.39 Å². The Bertz CT molecular complexity index is 566. The minimum atomic E-state index is -0.286. The first-order chi connectivity index (χ1) is 9.31. The zero-order chi connectivity index (χ0) is 13.5. The van der Waals surface area contributed by atoms with Crippen molar-refractivity contribution in [3.05, 3.63) is 71.0 Å². The first-order valence-corrected chi connectivity index (χ1v) is 6.20. The molecule has 0 bridgehead atoms. The van der Waals surface area contributed by atoms with Crippen LogP contribution in [-0.4, -0.2) is 6.21 Å². The molecule has 0 aliphatic rings. The van der Waals surface area contributed by atoms with Crippen molar-refractivity contribution in [2.75, 3.05) is 0 Å². The highest BCUT2D eigenvalue weighted by Crippen LogP contribution is 2.09. The molecule has 97 valence electrons. The number of halogens is 1. The Morgan fingerprint density at radius 3 is 2.47 bits per heavy atom. The summed E-state index contributed by atoms with van der Waals surface area (Å²) in [5.74, 6) is -0.286. The predicted molar refractivity (Wildman–Crippen MR) is 73.5 cm³/mol. The number of nitrogens with zero attached hydrogens (tertiary/aromatic N) is 1. The van der Waals surface area contributed by atoms with E-state index in [1.165, 1.54) is 6.07 Å². The molecule has 0 spiro atoms. The molecule has 3 heteroatoms. The Morgan fingerprint density at radius 1 is 1.05 bits per heavy atom. The molecule has 0 aromatic heterocycles. The summed E-state index contributed by atoms with van der Waals surface area (Å²) in [6, 6.07) is 14.3.